The van der Waals surface area contributed by atoms with Crippen LogP contribution in [0.15, 0.2) is 33.8 Å². The first-order valence-electron chi connectivity index (χ1n) is 5.91. The molecule has 0 unspecified atom stereocenters. The van der Waals surface area contributed by atoms with Crippen molar-refractivity contribution in [2.24, 2.45) is 0 Å². The van der Waals surface area contributed by atoms with E-state index in [4.69, 9.17) is 5.73 Å². The summed E-state index contributed by atoms with van der Waals surface area (Å²) in [5.74, 6) is -0.691. The quantitative estimate of drug-likeness (QED) is 0.809. The molecule has 21 heavy (non-hydrogen) atoms. The van der Waals surface area contributed by atoms with Crippen molar-refractivity contribution in [3.63, 3.8) is 0 Å². The normalized spacial score (nSPS) is 11.4. The van der Waals surface area contributed by atoms with E-state index < -0.39 is 20.7 Å². The highest BCUT2D eigenvalue weighted by Crippen LogP contribution is 2.25. The van der Waals surface area contributed by atoms with Crippen LogP contribution in [0.3, 0.4) is 0 Å². The first-order valence-corrected chi connectivity index (χ1v) is 8.19. The van der Waals surface area contributed by atoms with E-state index in [1.807, 2.05) is 0 Å². The molecule has 0 aliphatic rings. The third kappa shape index (κ3) is 3.33. The monoisotopic (exact) mass is 373 g/mol. The lowest BCUT2D eigenvalue weighted by atomic mass is 10.2. The standard InChI is InChI=1S/C13H13BrFN3O2S/c1-7-4-10(16)5-11(12(7)15)21(19,20)18-13-8(2)3-9(14)6-17-13/h3-6H,16H2,1-2H3,(H,17,18). The molecule has 0 saturated heterocycles. The number of halogens is 2. The molecule has 0 bridgehead atoms. The van der Waals surface area contributed by atoms with Gasteiger partial charge in [0, 0.05) is 16.4 Å². The van der Waals surface area contributed by atoms with Crippen LogP contribution in [0.25, 0.3) is 0 Å². The number of rotatable bonds is 3. The van der Waals surface area contributed by atoms with Crippen molar-refractivity contribution < 1.29 is 12.8 Å². The fourth-order valence-electron chi connectivity index (χ4n) is 1.79. The highest BCUT2D eigenvalue weighted by Gasteiger charge is 2.22. The number of nitrogen functional groups attached to an aromatic ring is 1. The van der Waals surface area contributed by atoms with Crippen molar-refractivity contribution >= 4 is 37.5 Å². The second-order valence-electron chi connectivity index (χ2n) is 4.57. The lowest BCUT2D eigenvalue weighted by Crippen LogP contribution is -2.17. The van der Waals surface area contributed by atoms with Crippen molar-refractivity contribution in [3.05, 3.63) is 45.8 Å². The minimum atomic E-state index is -4.11. The van der Waals surface area contributed by atoms with Gasteiger partial charge in [-0.25, -0.2) is 17.8 Å². The van der Waals surface area contributed by atoms with Gasteiger partial charge in [-0.2, -0.15) is 0 Å². The van der Waals surface area contributed by atoms with E-state index in [-0.39, 0.29) is 17.1 Å². The zero-order chi connectivity index (χ0) is 15.8. The Morgan fingerprint density at radius 2 is 1.90 bits per heavy atom. The first-order chi connectivity index (χ1) is 9.70. The maximum Gasteiger partial charge on any atom is 0.266 e. The molecule has 1 aromatic carbocycles. The number of pyridine rings is 1. The average molecular weight is 374 g/mol. The Bertz CT molecular complexity index is 809. The number of aryl methyl sites for hydroxylation is 2. The van der Waals surface area contributed by atoms with Gasteiger partial charge in [-0.15, -0.1) is 0 Å². The predicted molar refractivity (Wildman–Crippen MR) is 83.0 cm³/mol. The number of nitrogens with two attached hydrogens (primary N) is 1. The molecule has 0 saturated carbocycles. The molecular weight excluding hydrogens is 361 g/mol. The summed E-state index contributed by atoms with van der Waals surface area (Å²) >= 11 is 3.24. The number of nitrogens with zero attached hydrogens (tertiary/aromatic N) is 1. The van der Waals surface area contributed by atoms with E-state index >= 15 is 0 Å². The van der Waals surface area contributed by atoms with Gasteiger partial charge in [-0.05, 0) is 59.1 Å². The van der Waals surface area contributed by atoms with Crippen LogP contribution < -0.4 is 10.5 Å². The Hall–Kier alpha value is -1.67. The fourth-order valence-corrected chi connectivity index (χ4v) is 3.50. The number of nitrogens with one attached hydrogen (secondary N) is 1. The molecule has 0 aliphatic carbocycles. The van der Waals surface area contributed by atoms with Crippen LogP contribution in [0.5, 0.6) is 0 Å². The molecule has 5 nitrogen and oxygen atoms in total. The third-order valence-corrected chi connectivity index (χ3v) is 4.58. The van der Waals surface area contributed by atoms with Crippen LogP contribution in [-0.2, 0) is 10.0 Å². The summed E-state index contributed by atoms with van der Waals surface area (Å²) < 4.78 is 41.6. The molecule has 8 heteroatoms. The van der Waals surface area contributed by atoms with E-state index in [1.54, 1.807) is 13.0 Å². The van der Waals surface area contributed by atoms with E-state index in [2.05, 4.69) is 25.6 Å². The Labute approximate surface area is 130 Å². The second kappa shape index (κ2) is 5.61. The zero-order valence-electron chi connectivity index (χ0n) is 11.3. The van der Waals surface area contributed by atoms with Crippen molar-refractivity contribution in [1.29, 1.82) is 0 Å². The van der Waals surface area contributed by atoms with Gasteiger partial charge in [0.1, 0.15) is 16.5 Å². The molecule has 1 aromatic heterocycles. The number of sulfonamides is 1. The van der Waals surface area contributed by atoms with Crippen molar-refractivity contribution in [1.82, 2.24) is 4.98 Å². The number of anilines is 2. The maximum absolute atomic E-state index is 14.0. The van der Waals surface area contributed by atoms with Crippen LogP contribution in [-0.4, -0.2) is 13.4 Å². The smallest absolute Gasteiger partial charge is 0.266 e. The lowest BCUT2D eigenvalue weighted by molar-refractivity contribution is 0.565. The number of hydrogen-bond acceptors (Lipinski definition) is 4. The van der Waals surface area contributed by atoms with E-state index in [0.29, 0.717) is 10.0 Å². The van der Waals surface area contributed by atoms with Gasteiger partial charge in [0.15, 0.2) is 0 Å². The molecule has 1 heterocycles. The SMILES string of the molecule is Cc1cc(Br)cnc1NS(=O)(=O)c1cc(N)cc(C)c1F. The van der Waals surface area contributed by atoms with Crippen molar-refractivity contribution in [2.75, 3.05) is 10.5 Å². The average Bonchev–Trinajstić information content (AvgIpc) is 2.37. The van der Waals surface area contributed by atoms with Crippen LogP contribution in [0, 0.1) is 19.7 Å². The van der Waals surface area contributed by atoms with E-state index in [0.717, 1.165) is 6.07 Å². The summed E-state index contributed by atoms with van der Waals surface area (Å²) in [5.41, 5.74) is 6.53. The largest absolute Gasteiger partial charge is 0.399 e. The van der Waals surface area contributed by atoms with Crippen LogP contribution in [0.2, 0.25) is 0 Å². The maximum atomic E-state index is 14.0. The zero-order valence-corrected chi connectivity index (χ0v) is 13.7. The number of aromatic nitrogens is 1. The van der Waals surface area contributed by atoms with Gasteiger partial charge >= 0.3 is 0 Å². The highest BCUT2D eigenvalue weighted by molar-refractivity contribution is 9.10. The first kappa shape index (κ1) is 15.7. The number of hydrogen-bond donors (Lipinski definition) is 2. The Kier molecular flexibility index (Phi) is 4.20. The topological polar surface area (TPSA) is 85.1 Å². The summed E-state index contributed by atoms with van der Waals surface area (Å²) in [6, 6.07) is 4.15. The van der Waals surface area contributed by atoms with Gasteiger partial charge in [-0.1, -0.05) is 0 Å². The van der Waals surface area contributed by atoms with Crippen molar-refractivity contribution in [2.45, 2.75) is 18.7 Å². The van der Waals surface area contributed by atoms with Crippen LogP contribution in [0.1, 0.15) is 11.1 Å². The summed E-state index contributed by atoms with van der Waals surface area (Å²) in [7, 11) is -4.11. The van der Waals surface area contributed by atoms with Gasteiger partial charge in [0.2, 0.25) is 0 Å². The van der Waals surface area contributed by atoms with Gasteiger partial charge in [-0.3, -0.25) is 4.72 Å². The van der Waals surface area contributed by atoms with Crippen molar-refractivity contribution in [3.8, 4) is 0 Å². The molecule has 0 radical (unpaired) electrons. The molecule has 2 rings (SSSR count). The predicted octanol–water partition coefficient (Wildman–Crippen LogP) is 2.98. The second-order valence-corrected chi connectivity index (χ2v) is 7.14. The minimum absolute atomic E-state index is 0.137. The molecule has 0 amide bonds. The highest BCUT2D eigenvalue weighted by atomic mass is 79.9. The molecule has 0 aliphatic heterocycles. The molecule has 0 fully saturated rings. The van der Waals surface area contributed by atoms with Gasteiger partial charge in [0.25, 0.3) is 10.0 Å². The Morgan fingerprint density at radius 3 is 2.52 bits per heavy atom. The third-order valence-electron chi connectivity index (χ3n) is 2.81. The molecule has 0 spiro atoms. The molecule has 0 atom stereocenters. The van der Waals surface area contributed by atoms with E-state index in [9.17, 15) is 12.8 Å². The summed E-state index contributed by atoms with van der Waals surface area (Å²) in [5, 5.41) is 0. The summed E-state index contributed by atoms with van der Waals surface area (Å²) in [6.45, 7) is 3.14. The summed E-state index contributed by atoms with van der Waals surface area (Å²) in [4.78, 5) is 3.48. The fraction of sp³-hybridized carbons (Fsp3) is 0.154. The van der Waals surface area contributed by atoms with Gasteiger partial charge in [0.05, 0.1) is 0 Å². The van der Waals surface area contributed by atoms with E-state index in [1.165, 1.54) is 19.2 Å². The summed E-state index contributed by atoms with van der Waals surface area (Å²) in [6.07, 6.45) is 1.45. The minimum Gasteiger partial charge on any atom is -0.399 e. The lowest BCUT2D eigenvalue weighted by Gasteiger charge is -2.12. The Balaban J connectivity index is 2.48. The molecule has 112 valence electrons. The number of benzene rings is 1. The Morgan fingerprint density at radius 1 is 1.24 bits per heavy atom. The molecule has 2 aromatic rings. The van der Waals surface area contributed by atoms with Crippen LogP contribution >= 0.6 is 15.9 Å². The molecular formula is C13H13BrFN3O2S. The molecule has 3 N–H and O–H groups in total. The van der Waals surface area contributed by atoms with Gasteiger partial charge < -0.3 is 5.73 Å². The van der Waals surface area contributed by atoms with Crippen LogP contribution in [0.4, 0.5) is 15.9 Å².